The Bertz CT molecular complexity index is 539. The van der Waals surface area contributed by atoms with Crippen molar-refractivity contribution in [2.24, 2.45) is 0 Å². The molecule has 0 aliphatic heterocycles. The smallest absolute Gasteiger partial charge is 0.149 e. The van der Waals surface area contributed by atoms with E-state index in [-0.39, 0.29) is 0 Å². The fourth-order valence-corrected chi connectivity index (χ4v) is 3.12. The zero-order valence-electron chi connectivity index (χ0n) is 10.4. The van der Waals surface area contributed by atoms with Gasteiger partial charge in [0.1, 0.15) is 5.82 Å². The lowest BCUT2D eigenvalue weighted by Crippen LogP contribution is -2.19. The number of hydrogen-bond donors (Lipinski definition) is 2. The van der Waals surface area contributed by atoms with E-state index in [1.165, 1.54) is 9.75 Å². The fourth-order valence-electron chi connectivity index (χ4n) is 1.76. The first-order valence-electron chi connectivity index (χ1n) is 5.77. The van der Waals surface area contributed by atoms with Crippen LogP contribution in [0.2, 0.25) is 0 Å². The molecule has 0 spiro atoms. The summed E-state index contributed by atoms with van der Waals surface area (Å²) in [5.41, 5.74) is 6.58. The minimum absolute atomic E-state index is 0.305. The van der Waals surface area contributed by atoms with Crippen LogP contribution in [-0.4, -0.2) is 11.0 Å². The lowest BCUT2D eigenvalue weighted by molar-refractivity contribution is 0.795. The van der Waals surface area contributed by atoms with Crippen molar-refractivity contribution >= 4 is 38.8 Å². The number of aromatic nitrogens is 1. The van der Waals surface area contributed by atoms with Crippen LogP contribution in [0.3, 0.4) is 0 Å². The molecule has 3 nitrogen and oxygen atoms in total. The molecule has 0 saturated carbocycles. The predicted molar refractivity (Wildman–Crippen MR) is 82.2 cm³/mol. The van der Waals surface area contributed by atoms with Crippen LogP contribution >= 0.6 is 27.3 Å². The Balaban J connectivity index is 2.00. The lowest BCUT2D eigenvalue weighted by Gasteiger charge is -2.15. The third-order valence-electron chi connectivity index (χ3n) is 2.57. The molecule has 0 fully saturated rings. The number of hydrogen-bond acceptors (Lipinski definition) is 4. The molecule has 3 N–H and O–H groups in total. The Morgan fingerprint density at radius 1 is 1.50 bits per heavy atom. The first-order valence-corrected chi connectivity index (χ1v) is 7.38. The topological polar surface area (TPSA) is 50.9 Å². The van der Waals surface area contributed by atoms with Crippen LogP contribution in [0.5, 0.6) is 0 Å². The van der Waals surface area contributed by atoms with Crippen molar-refractivity contribution in [3.63, 3.8) is 0 Å². The summed E-state index contributed by atoms with van der Waals surface area (Å²) in [5, 5.41) is 3.34. The SMILES string of the molecule is Cc1ccc(CC(C)Nc2ncc(Br)cc2N)s1. The Kier molecular flexibility index (Phi) is 4.24. The number of thiophene rings is 1. The molecule has 0 bridgehead atoms. The van der Waals surface area contributed by atoms with E-state index in [2.05, 4.69) is 52.2 Å². The molecule has 1 atom stereocenters. The molecule has 0 saturated heterocycles. The van der Waals surface area contributed by atoms with Crippen molar-refractivity contribution in [2.45, 2.75) is 26.3 Å². The van der Waals surface area contributed by atoms with Crippen molar-refractivity contribution in [3.05, 3.63) is 38.6 Å². The van der Waals surface area contributed by atoms with Gasteiger partial charge in [-0.1, -0.05) is 0 Å². The summed E-state index contributed by atoms with van der Waals surface area (Å²) in [5.74, 6) is 0.749. The average Bonchev–Trinajstić information content (AvgIpc) is 2.68. The molecule has 5 heteroatoms. The van der Waals surface area contributed by atoms with Crippen molar-refractivity contribution in [1.29, 1.82) is 0 Å². The molecular weight excluding hydrogens is 310 g/mol. The van der Waals surface area contributed by atoms with Gasteiger partial charge in [0.25, 0.3) is 0 Å². The molecule has 0 radical (unpaired) electrons. The van der Waals surface area contributed by atoms with Crippen LogP contribution in [0.15, 0.2) is 28.9 Å². The van der Waals surface area contributed by atoms with Crippen LogP contribution in [0.25, 0.3) is 0 Å². The highest BCUT2D eigenvalue weighted by atomic mass is 79.9. The summed E-state index contributed by atoms with van der Waals surface area (Å²) >= 11 is 5.18. The number of nitrogens with one attached hydrogen (secondary N) is 1. The summed E-state index contributed by atoms with van der Waals surface area (Å²) in [6.07, 6.45) is 2.73. The number of nitrogens with zero attached hydrogens (tertiary/aromatic N) is 1. The van der Waals surface area contributed by atoms with Gasteiger partial charge in [-0.3, -0.25) is 0 Å². The molecule has 2 aromatic rings. The third kappa shape index (κ3) is 3.46. The van der Waals surface area contributed by atoms with Crippen molar-refractivity contribution < 1.29 is 0 Å². The quantitative estimate of drug-likeness (QED) is 0.897. The Morgan fingerprint density at radius 3 is 2.89 bits per heavy atom. The predicted octanol–water partition coefficient (Wildman–Crippen LogP) is 3.84. The molecule has 18 heavy (non-hydrogen) atoms. The Morgan fingerprint density at radius 2 is 2.28 bits per heavy atom. The van der Waals surface area contributed by atoms with Gasteiger partial charge in [0.05, 0.1) is 5.69 Å². The number of rotatable bonds is 4. The Hall–Kier alpha value is -1.07. The summed E-state index contributed by atoms with van der Waals surface area (Å²) in [6.45, 7) is 4.26. The largest absolute Gasteiger partial charge is 0.396 e. The van der Waals surface area contributed by atoms with E-state index in [9.17, 15) is 0 Å². The second kappa shape index (κ2) is 5.71. The van der Waals surface area contributed by atoms with Gasteiger partial charge < -0.3 is 11.1 Å². The second-order valence-corrected chi connectivity index (χ2v) is 6.64. The molecule has 2 aromatic heterocycles. The molecule has 0 amide bonds. The zero-order valence-corrected chi connectivity index (χ0v) is 12.8. The van der Waals surface area contributed by atoms with Gasteiger partial charge in [-0.25, -0.2) is 4.98 Å². The van der Waals surface area contributed by atoms with Gasteiger partial charge in [0.2, 0.25) is 0 Å². The summed E-state index contributed by atoms with van der Waals surface area (Å²) in [7, 11) is 0. The normalized spacial score (nSPS) is 12.4. The van der Waals surface area contributed by atoms with E-state index in [1.54, 1.807) is 6.20 Å². The Labute approximate surface area is 120 Å². The highest BCUT2D eigenvalue weighted by molar-refractivity contribution is 9.10. The maximum absolute atomic E-state index is 5.91. The van der Waals surface area contributed by atoms with Crippen molar-refractivity contribution in [2.75, 3.05) is 11.1 Å². The monoisotopic (exact) mass is 325 g/mol. The van der Waals surface area contributed by atoms with E-state index >= 15 is 0 Å². The van der Waals surface area contributed by atoms with E-state index in [4.69, 9.17) is 5.73 Å². The fraction of sp³-hybridized carbons (Fsp3) is 0.308. The van der Waals surface area contributed by atoms with Crippen molar-refractivity contribution in [1.82, 2.24) is 4.98 Å². The number of halogens is 1. The maximum Gasteiger partial charge on any atom is 0.149 e. The molecule has 1 unspecified atom stereocenters. The number of nitrogens with two attached hydrogens (primary N) is 1. The molecule has 0 aliphatic rings. The van der Waals surface area contributed by atoms with E-state index < -0.39 is 0 Å². The van der Waals surface area contributed by atoms with Crippen molar-refractivity contribution in [3.8, 4) is 0 Å². The van der Waals surface area contributed by atoms with E-state index in [0.717, 1.165) is 16.7 Å². The number of nitrogen functional groups attached to an aromatic ring is 1. The van der Waals surface area contributed by atoms with E-state index in [0.29, 0.717) is 11.7 Å². The summed E-state index contributed by atoms with van der Waals surface area (Å²) < 4.78 is 0.895. The van der Waals surface area contributed by atoms with Crippen LogP contribution in [0, 0.1) is 6.92 Å². The average molecular weight is 326 g/mol. The summed E-state index contributed by atoms with van der Waals surface area (Å²) in [4.78, 5) is 7.01. The number of pyridine rings is 1. The third-order valence-corrected chi connectivity index (χ3v) is 4.03. The van der Waals surface area contributed by atoms with Gasteiger partial charge in [-0.15, -0.1) is 11.3 Å². The van der Waals surface area contributed by atoms with Gasteiger partial charge in [0, 0.05) is 32.9 Å². The highest BCUT2D eigenvalue weighted by Crippen LogP contribution is 2.22. The van der Waals surface area contributed by atoms with Crippen LogP contribution < -0.4 is 11.1 Å². The molecule has 96 valence electrons. The number of aryl methyl sites for hydroxylation is 1. The van der Waals surface area contributed by atoms with Crippen LogP contribution in [0.4, 0.5) is 11.5 Å². The van der Waals surface area contributed by atoms with E-state index in [1.807, 2.05) is 17.4 Å². The van der Waals surface area contributed by atoms with Gasteiger partial charge in [-0.2, -0.15) is 0 Å². The molecule has 2 heterocycles. The number of anilines is 2. The minimum atomic E-state index is 0.305. The first kappa shape index (κ1) is 13.4. The standard InChI is InChI=1S/C13H16BrN3S/c1-8(5-11-4-3-9(2)18-11)17-13-12(15)6-10(14)7-16-13/h3-4,6-8H,5,15H2,1-2H3,(H,16,17). The minimum Gasteiger partial charge on any atom is -0.396 e. The van der Waals surface area contributed by atoms with Crippen LogP contribution in [-0.2, 0) is 6.42 Å². The second-order valence-electron chi connectivity index (χ2n) is 4.35. The molecule has 0 aromatic carbocycles. The first-order chi connectivity index (χ1) is 8.54. The van der Waals surface area contributed by atoms with Crippen LogP contribution in [0.1, 0.15) is 16.7 Å². The summed E-state index contributed by atoms with van der Waals surface area (Å²) in [6, 6.07) is 6.49. The zero-order chi connectivity index (χ0) is 13.1. The van der Waals surface area contributed by atoms with Gasteiger partial charge in [0.15, 0.2) is 0 Å². The molecule has 0 aliphatic carbocycles. The molecule has 2 rings (SSSR count). The highest BCUT2D eigenvalue weighted by Gasteiger charge is 2.08. The molecular formula is C13H16BrN3S. The van der Waals surface area contributed by atoms with Gasteiger partial charge >= 0.3 is 0 Å². The lowest BCUT2D eigenvalue weighted by atomic mass is 10.2. The van der Waals surface area contributed by atoms with Gasteiger partial charge in [-0.05, 0) is 48.0 Å². The maximum atomic E-state index is 5.91.